The molecule has 1 saturated heterocycles. The summed E-state index contributed by atoms with van der Waals surface area (Å²) in [7, 11) is 1.68. The van der Waals surface area contributed by atoms with Crippen molar-refractivity contribution in [3.05, 3.63) is 53.9 Å². The summed E-state index contributed by atoms with van der Waals surface area (Å²) in [4.78, 5) is 6.68. The van der Waals surface area contributed by atoms with Crippen LogP contribution in [0.4, 0.5) is 0 Å². The normalized spacial score (nSPS) is 21.0. The monoisotopic (exact) mass is 327 g/mol. The van der Waals surface area contributed by atoms with Crippen LogP contribution in [-0.2, 0) is 13.2 Å². The Morgan fingerprint density at radius 3 is 2.79 bits per heavy atom. The van der Waals surface area contributed by atoms with Crippen LogP contribution in [-0.4, -0.2) is 36.1 Å². The summed E-state index contributed by atoms with van der Waals surface area (Å²) in [5.74, 6) is 2.23. The second-order valence-corrected chi connectivity index (χ2v) is 6.42. The van der Waals surface area contributed by atoms with Gasteiger partial charge in [0.15, 0.2) is 0 Å². The molecule has 24 heavy (non-hydrogen) atoms. The molecule has 128 valence electrons. The Kier molecular flexibility index (Phi) is 5.33. The zero-order chi connectivity index (χ0) is 16.9. The molecule has 0 radical (unpaired) electrons. The first-order valence-electron chi connectivity index (χ1n) is 8.33. The first-order chi connectivity index (χ1) is 11.7. The van der Waals surface area contributed by atoms with Gasteiger partial charge in [-0.05, 0) is 36.2 Å². The van der Waals surface area contributed by atoms with Crippen LogP contribution in [0, 0.1) is 5.92 Å². The minimum atomic E-state index is 0.244. The van der Waals surface area contributed by atoms with Gasteiger partial charge in [-0.25, -0.2) is 0 Å². The molecule has 1 aliphatic rings. The fraction of sp³-hybridized carbons (Fsp3) is 0.421. The molecule has 1 aromatic heterocycles. The number of pyridine rings is 1. The highest BCUT2D eigenvalue weighted by molar-refractivity contribution is 5.40. The van der Waals surface area contributed by atoms with Gasteiger partial charge in [0, 0.05) is 37.4 Å². The second-order valence-electron chi connectivity index (χ2n) is 6.42. The molecule has 0 aliphatic carbocycles. The number of benzene rings is 1. The van der Waals surface area contributed by atoms with E-state index in [1.54, 1.807) is 13.3 Å². The minimum absolute atomic E-state index is 0.244. The van der Waals surface area contributed by atoms with Crippen molar-refractivity contribution < 1.29 is 9.47 Å². The van der Waals surface area contributed by atoms with Crippen LogP contribution in [0.5, 0.6) is 11.5 Å². The maximum atomic E-state index is 6.15. The fourth-order valence-corrected chi connectivity index (χ4v) is 3.05. The first kappa shape index (κ1) is 16.7. The smallest absolute Gasteiger partial charge is 0.130 e. The molecule has 2 unspecified atom stereocenters. The lowest BCUT2D eigenvalue weighted by Crippen LogP contribution is -2.28. The van der Waals surface area contributed by atoms with E-state index in [9.17, 15) is 0 Å². The van der Waals surface area contributed by atoms with E-state index in [-0.39, 0.29) is 6.04 Å². The topological polar surface area (TPSA) is 60.6 Å². The van der Waals surface area contributed by atoms with Crippen molar-refractivity contribution in [1.82, 2.24) is 9.88 Å². The van der Waals surface area contributed by atoms with Crippen molar-refractivity contribution in [2.75, 3.05) is 20.2 Å². The lowest BCUT2D eigenvalue weighted by molar-refractivity contribution is 0.278. The molecule has 3 rings (SSSR count). The molecule has 1 aromatic carbocycles. The molecule has 0 spiro atoms. The number of methoxy groups -OCH3 is 1. The van der Waals surface area contributed by atoms with E-state index < -0.39 is 0 Å². The Morgan fingerprint density at radius 2 is 2.12 bits per heavy atom. The SMILES string of the molecule is COc1ccc(OCc2ccccn2)c(CN2CC(C)C(N)C2)c1. The van der Waals surface area contributed by atoms with Gasteiger partial charge < -0.3 is 15.2 Å². The summed E-state index contributed by atoms with van der Waals surface area (Å²) in [6.07, 6.45) is 1.78. The number of hydrogen-bond donors (Lipinski definition) is 1. The Balaban J connectivity index is 1.73. The second kappa shape index (κ2) is 7.64. The highest BCUT2D eigenvalue weighted by atomic mass is 16.5. The zero-order valence-electron chi connectivity index (χ0n) is 14.3. The molecule has 2 atom stereocenters. The molecule has 0 bridgehead atoms. The predicted molar refractivity (Wildman–Crippen MR) is 94.0 cm³/mol. The van der Waals surface area contributed by atoms with Crippen LogP contribution in [0.15, 0.2) is 42.6 Å². The Bertz CT molecular complexity index is 653. The summed E-state index contributed by atoms with van der Waals surface area (Å²) in [5, 5.41) is 0. The number of rotatable bonds is 6. The highest BCUT2D eigenvalue weighted by Gasteiger charge is 2.27. The van der Waals surface area contributed by atoms with Crippen molar-refractivity contribution in [3.8, 4) is 11.5 Å². The van der Waals surface area contributed by atoms with Crippen molar-refractivity contribution in [1.29, 1.82) is 0 Å². The van der Waals surface area contributed by atoms with Gasteiger partial charge in [0.2, 0.25) is 0 Å². The number of nitrogens with two attached hydrogens (primary N) is 1. The van der Waals surface area contributed by atoms with Crippen molar-refractivity contribution in [3.63, 3.8) is 0 Å². The molecular formula is C19H25N3O2. The third kappa shape index (κ3) is 4.04. The minimum Gasteiger partial charge on any atom is -0.497 e. The van der Waals surface area contributed by atoms with Crippen LogP contribution < -0.4 is 15.2 Å². The van der Waals surface area contributed by atoms with E-state index in [0.717, 1.165) is 42.4 Å². The fourth-order valence-electron chi connectivity index (χ4n) is 3.05. The van der Waals surface area contributed by atoms with E-state index in [1.807, 2.05) is 36.4 Å². The molecule has 2 heterocycles. The van der Waals surface area contributed by atoms with E-state index in [0.29, 0.717) is 12.5 Å². The summed E-state index contributed by atoms with van der Waals surface area (Å²) < 4.78 is 11.4. The van der Waals surface area contributed by atoms with E-state index in [4.69, 9.17) is 15.2 Å². The summed E-state index contributed by atoms with van der Waals surface area (Å²) in [5.41, 5.74) is 8.18. The maximum absolute atomic E-state index is 6.15. The lowest BCUT2D eigenvalue weighted by atomic mass is 10.1. The number of likely N-dealkylation sites (tertiary alicyclic amines) is 1. The van der Waals surface area contributed by atoms with Gasteiger partial charge in [0.1, 0.15) is 18.1 Å². The summed E-state index contributed by atoms with van der Waals surface area (Å²) in [6.45, 7) is 5.40. The van der Waals surface area contributed by atoms with Crippen LogP contribution >= 0.6 is 0 Å². The Labute approximate surface area is 143 Å². The Hall–Kier alpha value is -2.11. The van der Waals surface area contributed by atoms with Crippen LogP contribution in [0.1, 0.15) is 18.2 Å². The molecule has 2 N–H and O–H groups in total. The lowest BCUT2D eigenvalue weighted by Gasteiger charge is -2.19. The average molecular weight is 327 g/mol. The third-order valence-electron chi connectivity index (χ3n) is 4.51. The molecule has 2 aromatic rings. The number of hydrogen-bond acceptors (Lipinski definition) is 5. The quantitative estimate of drug-likeness (QED) is 0.883. The van der Waals surface area contributed by atoms with Gasteiger partial charge in [-0.2, -0.15) is 0 Å². The number of nitrogens with zero attached hydrogens (tertiary/aromatic N) is 2. The molecule has 5 nitrogen and oxygen atoms in total. The molecule has 1 fully saturated rings. The summed E-state index contributed by atoms with van der Waals surface area (Å²) >= 11 is 0. The average Bonchev–Trinajstić information content (AvgIpc) is 2.92. The van der Waals surface area contributed by atoms with Gasteiger partial charge in [-0.15, -0.1) is 0 Å². The predicted octanol–water partition coefficient (Wildman–Crippen LogP) is 2.45. The standard InChI is InChI=1S/C19H25N3O2/c1-14-10-22(12-18(14)20)11-15-9-17(23-2)6-7-19(15)24-13-16-5-3-4-8-21-16/h3-9,14,18H,10-13,20H2,1-2H3. The molecule has 0 amide bonds. The highest BCUT2D eigenvalue weighted by Crippen LogP contribution is 2.28. The Morgan fingerprint density at radius 1 is 1.25 bits per heavy atom. The van der Waals surface area contributed by atoms with Gasteiger partial charge in [0.05, 0.1) is 12.8 Å². The van der Waals surface area contributed by atoms with E-state index in [2.05, 4.69) is 16.8 Å². The summed E-state index contributed by atoms with van der Waals surface area (Å²) in [6, 6.07) is 12.0. The van der Waals surface area contributed by atoms with Gasteiger partial charge in [-0.1, -0.05) is 13.0 Å². The van der Waals surface area contributed by atoms with Gasteiger partial charge in [-0.3, -0.25) is 9.88 Å². The maximum Gasteiger partial charge on any atom is 0.130 e. The van der Waals surface area contributed by atoms with Gasteiger partial charge >= 0.3 is 0 Å². The molecule has 5 heteroatoms. The van der Waals surface area contributed by atoms with E-state index in [1.165, 1.54) is 0 Å². The molecule has 1 aliphatic heterocycles. The third-order valence-corrected chi connectivity index (χ3v) is 4.51. The van der Waals surface area contributed by atoms with Crippen molar-refractivity contribution in [2.45, 2.75) is 26.1 Å². The number of aromatic nitrogens is 1. The molecule has 0 saturated carbocycles. The van der Waals surface area contributed by atoms with Gasteiger partial charge in [0.25, 0.3) is 0 Å². The van der Waals surface area contributed by atoms with Crippen LogP contribution in [0.2, 0.25) is 0 Å². The molecular weight excluding hydrogens is 302 g/mol. The largest absolute Gasteiger partial charge is 0.497 e. The van der Waals surface area contributed by atoms with E-state index >= 15 is 0 Å². The zero-order valence-corrected chi connectivity index (χ0v) is 14.3. The van der Waals surface area contributed by atoms with Crippen molar-refractivity contribution >= 4 is 0 Å². The van der Waals surface area contributed by atoms with Crippen LogP contribution in [0.25, 0.3) is 0 Å². The van der Waals surface area contributed by atoms with Crippen molar-refractivity contribution in [2.24, 2.45) is 11.7 Å². The number of ether oxygens (including phenoxy) is 2. The van der Waals surface area contributed by atoms with Crippen LogP contribution in [0.3, 0.4) is 0 Å². The first-order valence-corrected chi connectivity index (χ1v) is 8.33.